The molecule has 2 heterocycles. The number of pyridine rings is 1. The van der Waals surface area contributed by atoms with E-state index in [1.54, 1.807) is 18.5 Å². The maximum absolute atomic E-state index is 10.7. The van der Waals surface area contributed by atoms with Gasteiger partial charge in [-0.3, -0.25) is 9.79 Å². The lowest BCUT2D eigenvalue weighted by Crippen LogP contribution is -2.27. The molecule has 1 aromatic heterocycles. The van der Waals surface area contributed by atoms with Gasteiger partial charge in [0.05, 0.1) is 11.4 Å². The third-order valence-electron chi connectivity index (χ3n) is 2.68. The number of carbonyl (C=O) groups is 1. The maximum Gasteiger partial charge on any atom is 0.161 e. The number of aldehydes is 1. The topological polar surface area (TPSA) is 54.7 Å². The molecule has 4 nitrogen and oxygen atoms in total. The molecule has 0 fully saturated rings. The summed E-state index contributed by atoms with van der Waals surface area (Å²) < 4.78 is 0. The van der Waals surface area contributed by atoms with Crippen LogP contribution in [0.1, 0.15) is 6.42 Å². The lowest BCUT2D eigenvalue weighted by molar-refractivity contribution is -0.104. The second kappa shape index (κ2) is 3.90. The van der Waals surface area contributed by atoms with Gasteiger partial charge in [0.25, 0.3) is 0 Å². The molecule has 0 amide bonds. The highest BCUT2D eigenvalue weighted by Gasteiger charge is 2.13. The largest absolute Gasteiger partial charge is 0.298 e. The first-order chi connectivity index (χ1) is 8.36. The monoisotopic (exact) mass is 223 g/mol. The zero-order valence-electron chi connectivity index (χ0n) is 9.00. The molecule has 0 atom stereocenters. The van der Waals surface area contributed by atoms with E-state index in [-0.39, 0.29) is 0 Å². The van der Waals surface area contributed by atoms with E-state index >= 15 is 0 Å². The number of hydrogen-bond donors (Lipinski definition) is 0. The number of rotatable bonds is 1. The van der Waals surface area contributed by atoms with Gasteiger partial charge in [0.15, 0.2) is 5.49 Å². The zero-order valence-corrected chi connectivity index (χ0v) is 9.00. The Morgan fingerprint density at radius 1 is 1.29 bits per heavy atom. The van der Waals surface area contributed by atoms with Crippen molar-refractivity contribution in [1.82, 2.24) is 4.98 Å². The Bertz CT molecular complexity index is 696. The fourth-order valence-corrected chi connectivity index (χ4v) is 1.78. The highest BCUT2D eigenvalue weighted by atomic mass is 16.1. The summed E-state index contributed by atoms with van der Waals surface area (Å²) >= 11 is 0. The molecular formula is C13H9N3O. The van der Waals surface area contributed by atoms with Crippen molar-refractivity contribution >= 4 is 18.2 Å². The Labute approximate surface area is 97.4 Å². The van der Waals surface area contributed by atoms with Crippen molar-refractivity contribution < 1.29 is 4.79 Å². The van der Waals surface area contributed by atoms with Crippen molar-refractivity contribution in [1.29, 1.82) is 0 Å². The Morgan fingerprint density at radius 3 is 3.12 bits per heavy atom. The van der Waals surface area contributed by atoms with E-state index in [4.69, 9.17) is 0 Å². The van der Waals surface area contributed by atoms with Crippen LogP contribution in [0.3, 0.4) is 0 Å². The normalized spacial score (nSPS) is 17.1. The summed E-state index contributed by atoms with van der Waals surface area (Å²) in [6.07, 6.45) is 8.42. The minimum atomic E-state index is 0.531. The number of allylic oxidation sites excluding steroid dienone is 4. The third kappa shape index (κ3) is 1.73. The second-order valence-corrected chi connectivity index (χ2v) is 3.82. The Balaban J connectivity index is 2.22. The molecule has 4 heteroatoms. The van der Waals surface area contributed by atoms with Crippen molar-refractivity contribution in [3.63, 3.8) is 0 Å². The van der Waals surface area contributed by atoms with E-state index < -0.39 is 0 Å². The van der Waals surface area contributed by atoms with E-state index in [9.17, 15) is 4.79 Å². The van der Waals surface area contributed by atoms with Gasteiger partial charge in [0, 0.05) is 24.0 Å². The Kier molecular flexibility index (Phi) is 2.26. The summed E-state index contributed by atoms with van der Waals surface area (Å²) in [5, 5.41) is 0.892. The van der Waals surface area contributed by atoms with Gasteiger partial charge in [-0.25, -0.2) is 9.98 Å². The number of carbonyl (C=O) groups excluding carboxylic acids is 1. The number of nitrogens with zero attached hydrogens (tertiary/aromatic N) is 3. The summed E-state index contributed by atoms with van der Waals surface area (Å²) in [5.74, 6) is 0. The summed E-state index contributed by atoms with van der Waals surface area (Å²) in [6.45, 7) is 0. The van der Waals surface area contributed by atoms with Crippen molar-refractivity contribution in [3.8, 4) is 0 Å². The van der Waals surface area contributed by atoms with Crippen LogP contribution in [0.25, 0.3) is 6.20 Å². The molecule has 1 aliphatic heterocycles. The van der Waals surface area contributed by atoms with E-state index in [1.165, 1.54) is 0 Å². The molecule has 0 spiro atoms. The summed E-state index contributed by atoms with van der Waals surface area (Å²) in [6, 6.07) is 3.77. The molecule has 2 aliphatic rings. The van der Waals surface area contributed by atoms with Crippen LogP contribution in [0.4, 0.5) is 0 Å². The van der Waals surface area contributed by atoms with E-state index in [0.29, 0.717) is 11.9 Å². The van der Waals surface area contributed by atoms with Crippen LogP contribution in [-0.4, -0.2) is 17.0 Å². The van der Waals surface area contributed by atoms with Gasteiger partial charge in [-0.1, -0.05) is 6.08 Å². The van der Waals surface area contributed by atoms with Crippen molar-refractivity contribution in [2.45, 2.75) is 6.42 Å². The second-order valence-electron chi connectivity index (χ2n) is 3.82. The number of aromatic nitrogens is 1. The molecule has 0 saturated carbocycles. The Hall–Kier alpha value is -2.36. The quantitative estimate of drug-likeness (QED) is 0.643. The van der Waals surface area contributed by atoms with Crippen LogP contribution in [0.5, 0.6) is 0 Å². The predicted molar refractivity (Wildman–Crippen MR) is 63.8 cm³/mol. The lowest BCUT2D eigenvalue weighted by atomic mass is 10.0. The standard InChI is InChI=1S/C13H9N3O/c17-8-9-3-4-11-12(6-9)15-7-10-2-1-5-14-13(10)16-11/h1-5,7-8H,6H2. The van der Waals surface area contributed by atoms with Crippen molar-refractivity contribution in [3.05, 3.63) is 52.5 Å². The average Bonchev–Trinajstić information content (AvgIpc) is 2.57. The van der Waals surface area contributed by atoms with Gasteiger partial charge in [-0.2, -0.15) is 0 Å². The van der Waals surface area contributed by atoms with E-state index in [0.717, 1.165) is 28.5 Å². The van der Waals surface area contributed by atoms with Crippen LogP contribution in [-0.2, 0) is 4.79 Å². The first kappa shape index (κ1) is 9.84. The molecule has 3 rings (SSSR count). The van der Waals surface area contributed by atoms with Gasteiger partial charge in [-0.15, -0.1) is 0 Å². The lowest BCUT2D eigenvalue weighted by Gasteiger charge is -2.08. The fourth-order valence-electron chi connectivity index (χ4n) is 1.78. The van der Waals surface area contributed by atoms with Crippen molar-refractivity contribution in [2.24, 2.45) is 9.98 Å². The molecular weight excluding hydrogens is 214 g/mol. The first-order valence-corrected chi connectivity index (χ1v) is 5.30. The molecule has 1 aliphatic carbocycles. The molecule has 0 bridgehead atoms. The SMILES string of the molecule is O=CC1=CC=C2N=c3ncccc3=CN=C2C1. The highest BCUT2D eigenvalue weighted by molar-refractivity contribution is 6.06. The van der Waals surface area contributed by atoms with Crippen LogP contribution in [0.2, 0.25) is 0 Å². The molecule has 17 heavy (non-hydrogen) atoms. The van der Waals surface area contributed by atoms with Crippen LogP contribution >= 0.6 is 0 Å². The van der Waals surface area contributed by atoms with Gasteiger partial charge in [0.1, 0.15) is 6.29 Å². The number of hydrogen-bond acceptors (Lipinski definition) is 4. The molecule has 0 aromatic carbocycles. The van der Waals surface area contributed by atoms with Gasteiger partial charge < -0.3 is 0 Å². The van der Waals surface area contributed by atoms with Crippen LogP contribution < -0.4 is 10.7 Å². The molecule has 0 radical (unpaired) electrons. The van der Waals surface area contributed by atoms with E-state index in [2.05, 4.69) is 15.0 Å². The van der Waals surface area contributed by atoms with Crippen LogP contribution in [0.15, 0.2) is 51.7 Å². The fraction of sp³-hybridized carbons (Fsp3) is 0.0769. The molecule has 0 N–H and O–H groups in total. The van der Waals surface area contributed by atoms with Crippen LogP contribution in [0, 0.1) is 0 Å². The number of aliphatic imine (C=N–C) groups is 1. The molecule has 0 saturated heterocycles. The van der Waals surface area contributed by atoms with Gasteiger partial charge >= 0.3 is 0 Å². The third-order valence-corrected chi connectivity index (χ3v) is 2.68. The summed E-state index contributed by atoms with van der Waals surface area (Å²) in [7, 11) is 0. The molecule has 82 valence electrons. The average molecular weight is 223 g/mol. The maximum atomic E-state index is 10.7. The number of fused-ring (bicyclic) bond motifs is 2. The molecule has 0 unspecified atom stereocenters. The predicted octanol–water partition coefficient (Wildman–Crippen LogP) is 0.307. The van der Waals surface area contributed by atoms with Gasteiger partial charge in [-0.05, 0) is 23.8 Å². The van der Waals surface area contributed by atoms with Gasteiger partial charge in [0.2, 0.25) is 0 Å². The first-order valence-electron chi connectivity index (χ1n) is 5.30. The highest BCUT2D eigenvalue weighted by Crippen LogP contribution is 2.16. The zero-order chi connectivity index (χ0) is 11.7. The minimum absolute atomic E-state index is 0.531. The summed E-state index contributed by atoms with van der Waals surface area (Å²) in [4.78, 5) is 23.8. The Morgan fingerprint density at radius 2 is 2.24 bits per heavy atom. The van der Waals surface area contributed by atoms with Crippen molar-refractivity contribution in [2.75, 3.05) is 0 Å². The smallest absolute Gasteiger partial charge is 0.161 e. The minimum Gasteiger partial charge on any atom is -0.298 e. The van der Waals surface area contributed by atoms with E-state index in [1.807, 2.05) is 18.2 Å². The summed E-state index contributed by atoms with van der Waals surface area (Å²) in [5.41, 5.74) is 2.98. The molecule has 1 aromatic rings.